The van der Waals surface area contributed by atoms with Crippen LogP contribution in [0.1, 0.15) is 0 Å². The molecule has 4 aromatic carbocycles. The van der Waals surface area contributed by atoms with E-state index >= 15 is 0 Å². The van der Waals surface area contributed by atoms with Crippen LogP contribution in [0.3, 0.4) is 0 Å². The molecule has 0 saturated heterocycles. The number of sulfonamides is 1. The van der Waals surface area contributed by atoms with Crippen molar-refractivity contribution in [1.29, 1.82) is 0 Å². The van der Waals surface area contributed by atoms with Gasteiger partial charge < -0.3 is 9.84 Å². The molecule has 8 heteroatoms. The van der Waals surface area contributed by atoms with E-state index in [1.165, 1.54) is 24.9 Å². The quantitative estimate of drug-likeness (QED) is 0.368. The molecular formula is C23H18FNO4S2. The SMILES string of the molecule is COc1ccc(F)cc1S(=O)(=O)Nc1cc(Sc2ccccc2)c(O)c2ccccc12. The van der Waals surface area contributed by atoms with Crippen molar-refractivity contribution in [3.8, 4) is 11.5 Å². The van der Waals surface area contributed by atoms with Crippen LogP contribution in [0, 0.1) is 5.82 Å². The Morgan fingerprint density at radius 1 is 0.935 bits per heavy atom. The maximum absolute atomic E-state index is 13.8. The van der Waals surface area contributed by atoms with Crippen molar-refractivity contribution in [3.63, 3.8) is 0 Å². The van der Waals surface area contributed by atoms with Crippen molar-refractivity contribution in [2.24, 2.45) is 0 Å². The number of hydrogen-bond acceptors (Lipinski definition) is 5. The highest BCUT2D eigenvalue weighted by atomic mass is 32.2. The average Bonchev–Trinajstić information content (AvgIpc) is 2.77. The molecule has 0 aliphatic heterocycles. The van der Waals surface area contributed by atoms with Crippen LogP contribution in [0.4, 0.5) is 10.1 Å². The molecule has 2 N–H and O–H groups in total. The number of anilines is 1. The normalized spacial score (nSPS) is 11.4. The molecule has 0 fully saturated rings. The molecule has 0 unspecified atom stereocenters. The van der Waals surface area contributed by atoms with Gasteiger partial charge >= 0.3 is 0 Å². The fourth-order valence-electron chi connectivity index (χ4n) is 3.17. The zero-order chi connectivity index (χ0) is 22.0. The van der Waals surface area contributed by atoms with E-state index in [1.54, 1.807) is 30.3 Å². The number of rotatable bonds is 6. The minimum absolute atomic E-state index is 0.0240. The number of hydrogen-bond donors (Lipinski definition) is 2. The summed E-state index contributed by atoms with van der Waals surface area (Å²) in [6.07, 6.45) is 0. The number of halogens is 1. The molecule has 4 aromatic rings. The Balaban J connectivity index is 1.84. The molecule has 4 rings (SSSR count). The Morgan fingerprint density at radius 3 is 2.32 bits per heavy atom. The van der Waals surface area contributed by atoms with Gasteiger partial charge in [0.15, 0.2) is 0 Å². The van der Waals surface area contributed by atoms with E-state index in [0.717, 1.165) is 17.0 Å². The Labute approximate surface area is 183 Å². The second-order valence-corrected chi connectivity index (χ2v) is 9.40. The third kappa shape index (κ3) is 4.30. The molecule has 0 radical (unpaired) electrons. The summed E-state index contributed by atoms with van der Waals surface area (Å²) in [7, 11) is -2.86. The summed E-state index contributed by atoms with van der Waals surface area (Å²) in [5.74, 6) is -0.622. The molecule has 0 spiro atoms. The average molecular weight is 456 g/mol. The van der Waals surface area contributed by atoms with E-state index in [1.807, 2.05) is 30.3 Å². The predicted molar refractivity (Wildman–Crippen MR) is 120 cm³/mol. The standard InChI is InChI=1S/C23H18FNO4S2/c1-29-20-12-11-15(24)13-22(20)31(27,28)25-19-14-21(30-16-7-3-2-4-8-16)23(26)18-10-6-5-9-17(18)19/h2-14,25-26H,1H3. The van der Waals surface area contributed by atoms with Crippen LogP contribution < -0.4 is 9.46 Å². The number of phenolic OH excluding ortho intramolecular Hbond substituents is 1. The van der Waals surface area contributed by atoms with Crippen LogP contribution in [-0.4, -0.2) is 20.6 Å². The number of benzene rings is 4. The number of phenols is 1. The van der Waals surface area contributed by atoms with Crippen LogP contribution in [0.2, 0.25) is 0 Å². The first-order valence-electron chi connectivity index (χ1n) is 9.23. The molecule has 31 heavy (non-hydrogen) atoms. The highest BCUT2D eigenvalue weighted by molar-refractivity contribution is 7.99. The maximum atomic E-state index is 13.8. The lowest BCUT2D eigenvalue weighted by atomic mass is 10.1. The minimum atomic E-state index is -4.18. The molecule has 0 saturated carbocycles. The molecule has 0 aliphatic rings. The van der Waals surface area contributed by atoms with Crippen molar-refractivity contribution in [1.82, 2.24) is 0 Å². The van der Waals surface area contributed by atoms with Gasteiger partial charge in [-0.2, -0.15) is 0 Å². The monoisotopic (exact) mass is 455 g/mol. The van der Waals surface area contributed by atoms with Gasteiger partial charge in [0.1, 0.15) is 22.2 Å². The topological polar surface area (TPSA) is 75.6 Å². The lowest BCUT2D eigenvalue weighted by Crippen LogP contribution is -2.14. The van der Waals surface area contributed by atoms with Gasteiger partial charge in [0.25, 0.3) is 10.0 Å². The van der Waals surface area contributed by atoms with E-state index in [-0.39, 0.29) is 22.1 Å². The Kier molecular flexibility index (Phi) is 5.75. The first-order chi connectivity index (χ1) is 14.9. The van der Waals surface area contributed by atoms with E-state index < -0.39 is 15.8 Å². The molecule has 0 aromatic heterocycles. The summed E-state index contributed by atoms with van der Waals surface area (Å²) in [5, 5.41) is 11.8. The van der Waals surface area contributed by atoms with Gasteiger partial charge in [-0.15, -0.1) is 0 Å². The van der Waals surface area contributed by atoms with Gasteiger partial charge in [0, 0.05) is 15.7 Å². The number of nitrogens with one attached hydrogen (secondary N) is 1. The zero-order valence-corrected chi connectivity index (χ0v) is 18.0. The van der Waals surface area contributed by atoms with Gasteiger partial charge in [-0.3, -0.25) is 4.72 Å². The van der Waals surface area contributed by atoms with Gasteiger partial charge in [0.2, 0.25) is 0 Å². The summed E-state index contributed by atoms with van der Waals surface area (Å²) in [4.78, 5) is 1.05. The number of methoxy groups -OCH3 is 1. The minimum Gasteiger partial charge on any atom is -0.506 e. The summed E-state index contributed by atoms with van der Waals surface area (Å²) in [5.41, 5.74) is 0.262. The van der Waals surface area contributed by atoms with E-state index in [9.17, 15) is 17.9 Å². The summed E-state index contributed by atoms with van der Waals surface area (Å²) in [6, 6.07) is 21.2. The zero-order valence-electron chi connectivity index (χ0n) is 16.4. The van der Waals surface area contributed by atoms with Crippen LogP contribution in [-0.2, 0) is 10.0 Å². The first kappa shape index (κ1) is 21.0. The molecular weight excluding hydrogens is 437 g/mol. The highest BCUT2D eigenvalue weighted by Crippen LogP contribution is 2.43. The van der Waals surface area contributed by atoms with Gasteiger partial charge in [-0.25, -0.2) is 12.8 Å². The molecule has 5 nitrogen and oxygen atoms in total. The fraction of sp³-hybridized carbons (Fsp3) is 0.0435. The number of fused-ring (bicyclic) bond motifs is 1. The predicted octanol–water partition coefficient (Wildman–Crippen LogP) is 5.65. The summed E-state index contributed by atoms with van der Waals surface area (Å²) >= 11 is 1.31. The number of aromatic hydroxyl groups is 1. The van der Waals surface area contributed by atoms with Crippen molar-refractivity contribution in [3.05, 3.63) is 84.7 Å². The van der Waals surface area contributed by atoms with Crippen LogP contribution >= 0.6 is 11.8 Å². The second kappa shape index (κ2) is 8.49. The lowest BCUT2D eigenvalue weighted by molar-refractivity contribution is 0.401. The van der Waals surface area contributed by atoms with Gasteiger partial charge in [-0.05, 0) is 36.4 Å². The molecule has 0 heterocycles. The molecule has 158 valence electrons. The molecule has 0 bridgehead atoms. The van der Waals surface area contributed by atoms with E-state index in [2.05, 4.69) is 4.72 Å². The van der Waals surface area contributed by atoms with Crippen molar-refractivity contribution in [2.45, 2.75) is 14.7 Å². The van der Waals surface area contributed by atoms with E-state index in [4.69, 9.17) is 4.74 Å². The smallest absolute Gasteiger partial charge is 0.265 e. The van der Waals surface area contributed by atoms with Crippen molar-refractivity contribution < 1.29 is 22.7 Å². The first-order valence-corrected chi connectivity index (χ1v) is 11.5. The largest absolute Gasteiger partial charge is 0.506 e. The Hall–Kier alpha value is -3.23. The van der Waals surface area contributed by atoms with Gasteiger partial charge in [-0.1, -0.05) is 54.2 Å². The lowest BCUT2D eigenvalue weighted by Gasteiger charge is -2.16. The Morgan fingerprint density at radius 2 is 1.61 bits per heavy atom. The second-order valence-electron chi connectivity index (χ2n) is 6.63. The summed E-state index contributed by atoms with van der Waals surface area (Å²) in [6.45, 7) is 0. The van der Waals surface area contributed by atoms with Crippen molar-refractivity contribution >= 4 is 38.2 Å². The van der Waals surface area contributed by atoms with Crippen LogP contribution in [0.25, 0.3) is 10.8 Å². The van der Waals surface area contributed by atoms with Crippen LogP contribution in [0.5, 0.6) is 11.5 Å². The summed E-state index contributed by atoms with van der Waals surface area (Å²) < 4.78 is 47.6. The molecule has 0 aliphatic carbocycles. The molecule has 0 atom stereocenters. The number of ether oxygens (including phenoxy) is 1. The fourth-order valence-corrected chi connectivity index (χ4v) is 5.36. The van der Waals surface area contributed by atoms with Crippen molar-refractivity contribution in [2.75, 3.05) is 11.8 Å². The molecule has 0 amide bonds. The third-order valence-corrected chi connectivity index (χ3v) is 7.04. The van der Waals surface area contributed by atoms with Crippen LogP contribution in [0.15, 0.2) is 93.5 Å². The maximum Gasteiger partial charge on any atom is 0.265 e. The highest BCUT2D eigenvalue weighted by Gasteiger charge is 2.23. The third-order valence-electron chi connectivity index (χ3n) is 4.61. The Bertz CT molecular complexity index is 1360. The van der Waals surface area contributed by atoms with E-state index in [0.29, 0.717) is 15.7 Å². The van der Waals surface area contributed by atoms with Gasteiger partial charge in [0.05, 0.1) is 17.7 Å².